The number of amides is 1. The van der Waals surface area contributed by atoms with Crippen molar-refractivity contribution >= 4 is 34.7 Å². The van der Waals surface area contributed by atoms with E-state index in [1.165, 1.54) is 6.92 Å². The molecule has 0 radical (unpaired) electrons. The Morgan fingerprint density at radius 1 is 1.60 bits per heavy atom. The lowest BCUT2D eigenvalue weighted by Gasteiger charge is -2.02. The van der Waals surface area contributed by atoms with Crippen molar-refractivity contribution in [3.63, 3.8) is 0 Å². The molecule has 0 spiro atoms. The van der Waals surface area contributed by atoms with Gasteiger partial charge in [0.2, 0.25) is 5.91 Å². The number of nitrogens with one attached hydrogen (secondary N) is 1. The summed E-state index contributed by atoms with van der Waals surface area (Å²) in [6.07, 6.45) is 0. The molecule has 0 atom stereocenters. The Morgan fingerprint density at radius 3 is 2.93 bits per heavy atom. The fraction of sp³-hybridized carbons (Fsp3) is 0.200. The third kappa shape index (κ3) is 3.99. The predicted octanol–water partition coefficient (Wildman–Crippen LogP) is 1.87. The maximum atomic E-state index is 10.8. The third-order valence-corrected chi connectivity index (χ3v) is 1.85. The first-order chi connectivity index (χ1) is 7.11. The normalized spacial score (nSPS) is 11.2. The van der Waals surface area contributed by atoms with E-state index in [-0.39, 0.29) is 11.8 Å². The van der Waals surface area contributed by atoms with Gasteiger partial charge in [-0.3, -0.25) is 4.79 Å². The molecule has 0 saturated heterocycles. The summed E-state index contributed by atoms with van der Waals surface area (Å²) in [6, 6.07) is 7.06. The molecular formula is C10H12ClN3O. The lowest BCUT2D eigenvalue weighted by Crippen LogP contribution is -2.12. The van der Waals surface area contributed by atoms with E-state index in [0.717, 1.165) is 0 Å². The lowest BCUT2D eigenvalue weighted by molar-refractivity contribution is -0.114. The Balaban J connectivity index is 2.87. The number of alkyl halides is 1. The largest absolute Gasteiger partial charge is 0.386 e. The number of carbonyl (C=O) groups excluding carboxylic acids is 1. The standard InChI is InChI=1S/C10H12ClN3O/c1-7(15)13-8-3-2-4-9(5-8)14-10(12)6-11/h2-5H,6H2,1H3,(H2,12,14)(H,13,15). The molecule has 0 bridgehead atoms. The number of anilines is 1. The first kappa shape index (κ1) is 11.5. The minimum atomic E-state index is -0.124. The maximum Gasteiger partial charge on any atom is 0.221 e. The van der Waals surface area contributed by atoms with Gasteiger partial charge in [0.15, 0.2) is 0 Å². The SMILES string of the molecule is CC(=O)Nc1cccc(N=C(N)CCl)c1. The summed E-state index contributed by atoms with van der Waals surface area (Å²) in [5.41, 5.74) is 6.84. The average Bonchev–Trinajstić information content (AvgIpc) is 2.17. The van der Waals surface area contributed by atoms with E-state index in [1.807, 2.05) is 0 Å². The number of aliphatic imine (C=N–C) groups is 1. The Kier molecular flexibility index (Phi) is 4.12. The van der Waals surface area contributed by atoms with Crippen LogP contribution in [0.3, 0.4) is 0 Å². The molecule has 0 saturated carbocycles. The zero-order valence-corrected chi connectivity index (χ0v) is 9.08. The third-order valence-electron chi connectivity index (χ3n) is 1.58. The molecule has 1 aromatic rings. The van der Waals surface area contributed by atoms with Gasteiger partial charge in [0.05, 0.1) is 11.6 Å². The zero-order valence-electron chi connectivity index (χ0n) is 8.33. The number of hydrogen-bond donors (Lipinski definition) is 2. The molecule has 5 heteroatoms. The molecule has 1 rings (SSSR count). The van der Waals surface area contributed by atoms with E-state index in [1.54, 1.807) is 24.3 Å². The summed E-state index contributed by atoms with van der Waals surface area (Å²) in [6.45, 7) is 1.45. The molecule has 0 aliphatic rings. The first-order valence-electron chi connectivity index (χ1n) is 4.38. The second-order valence-electron chi connectivity index (χ2n) is 2.97. The number of halogens is 1. The highest BCUT2D eigenvalue weighted by Gasteiger charge is 1.97. The van der Waals surface area contributed by atoms with Crippen LogP contribution in [0.15, 0.2) is 29.3 Å². The summed E-state index contributed by atoms with van der Waals surface area (Å²) in [5.74, 6) is 0.405. The van der Waals surface area contributed by atoms with Crippen LogP contribution in [-0.2, 0) is 4.79 Å². The lowest BCUT2D eigenvalue weighted by atomic mass is 10.3. The first-order valence-corrected chi connectivity index (χ1v) is 4.92. The number of amidine groups is 1. The molecule has 0 fully saturated rings. The van der Waals surface area contributed by atoms with Gasteiger partial charge in [-0.2, -0.15) is 0 Å². The predicted molar refractivity (Wildman–Crippen MR) is 62.7 cm³/mol. The van der Waals surface area contributed by atoms with Crippen molar-refractivity contribution in [2.75, 3.05) is 11.2 Å². The van der Waals surface area contributed by atoms with Gasteiger partial charge in [-0.1, -0.05) is 6.07 Å². The number of rotatable bonds is 3. The second kappa shape index (κ2) is 5.36. The van der Waals surface area contributed by atoms with Crippen molar-refractivity contribution in [2.24, 2.45) is 10.7 Å². The number of benzene rings is 1. The molecule has 1 aromatic carbocycles. The highest BCUT2D eigenvalue weighted by molar-refractivity contribution is 6.28. The number of nitrogens with zero attached hydrogens (tertiary/aromatic N) is 1. The van der Waals surface area contributed by atoms with E-state index >= 15 is 0 Å². The summed E-state index contributed by atoms with van der Waals surface area (Å²) in [7, 11) is 0. The minimum absolute atomic E-state index is 0.124. The van der Waals surface area contributed by atoms with Crippen LogP contribution in [0.2, 0.25) is 0 Å². The molecule has 3 N–H and O–H groups in total. The van der Waals surface area contributed by atoms with E-state index < -0.39 is 0 Å². The number of nitrogens with two attached hydrogens (primary N) is 1. The van der Waals surface area contributed by atoms with E-state index in [4.69, 9.17) is 17.3 Å². The van der Waals surface area contributed by atoms with Crippen molar-refractivity contribution in [3.8, 4) is 0 Å². The fourth-order valence-electron chi connectivity index (χ4n) is 1.05. The maximum absolute atomic E-state index is 10.8. The Morgan fingerprint density at radius 2 is 2.33 bits per heavy atom. The molecule has 4 nitrogen and oxygen atoms in total. The Hall–Kier alpha value is -1.55. The monoisotopic (exact) mass is 225 g/mol. The van der Waals surface area contributed by atoms with Crippen LogP contribution in [0, 0.1) is 0 Å². The number of carbonyl (C=O) groups is 1. The molecule has 0 unspecified atom stereocenters. The van der Waals surface area contributed by atoms with Gasteiger partial charge < -0.3 is 11.1 Å². The van der Waals surface area contributed by atoms with E-state index in [9.17, 15) is 4.79 Å². The summed E-state index contributed by atoms with van der Waals surface area (Å²) < 4.78 is 0. The van der Waals surface area contributed by atoms with Gasteiger partial charge in [0.25, 0.3) is 0 Å². The van der Waals surface area contributed by atoms with Crippen LogP contribution in [-0.4, -0.2) is 17.6 Å². The van der Waals surface area contributed by atoms with Crippen molar-refractivity contribution in [2.45, 2.75) is 6.92 Å². The van der Waals surface area contributed by atoms with Crippen LogP contribution in [0.1, 0.15) is 6.92 Å². The van der Waals surface area contributed by atoms with Crippen molar-refractivity contribution < 1.29 is 4.79 Å². The fourth-order valence-corrected chi connectivity index (χ4v) is 1.11. The van der Waals surface area contributed by atoms with Gasteiger partial charge in [-0.05, 0) is 18.2 Å². The molecule has 0 aliphatic carbocycles. The highest BCUT2D eigenvalue weighted by Crippen LogP contribution is 2.17. The van der Waals surface area contributed by atoms with Crippen molar-refractivity contribution in [1.82, 2.24) is 0 Å². The van der Waals surface area contributed by atoms with Crippen molar-refractivity contribution in [3.05, 3.63) is 24.3 Å². The molecule has 0 heterocycles. The van der Waals surface area contributed by atoms with Crippen molar-refractivity contribution in [1.29, 1.82) is 0 Å². The summed E-state index contributed by atoms with van der Waals surface area (Å²) >= 11 is 5.50. The van der Waals surface area contributed by atoms with Crippen LogP contribution in [0.4, 0.5) is 11.4 Å². The average molecular weight is 226 g/mol. The van der Waals surface area contributed by atoms with Crippen LogP contribution in [0.5, 0.6) is 0 Å². The summed E-state index contributed by atoms with van der Waals surface area (Å²) in [5, 5.41) is 2.65. The molecule has 0 aliphatic heterocycles. The molecule has 15 heavy (non-hydrogen) atoms. The minimum Gasteiger partial charge on any atom is -0.386 e. The van der Waals surface area contributed by atoms with Gasteiger partial charge in [0, 0.05) is 12.6 Å². The molecule has 80 valence electrons. The second-order valence-corrected chi connectivity index (χ2v) is 3.24. The quantitative estimate of drug-likeness (QED) is 0.469. The van der Waals surface area contributed by atoms with E-state index in [0.29, 0.717) is 17.2 Å². The summed E-state index contributed by atoms with van der Waals surface area (Å²) in [4.78, 5) is 14.9. The Bertz CT molecular complexity index is 390. The van der Waals surface area contributed by atoms with E-state index in [2.05, 4.69) is 10.3 Å². The topological polar surface area (TPSA) is 67.5 Å². The van der Waals surface area contributed by atoms with Gasteiger partial charge in [-0.15, -0.1) is 11.6 Å². The molecule has 0 aromatic heterocycles. The van der Waals surface area contributed by atoms with Crippen LogP contribution < -0.4 is 11.1 Å². The Labute approximate surface area is 93.1 Å². The molecular weight excluding hydrogens is 214 g/mol. The van der Waals surface area contributed by atoms with Crippen LogP contribution >= 0.6 is 11.6 Å². The molecule has 1 amide bonds. The number of hydrogen-bond acceptors (Lipinski definition) is 2. The highest BCUT2D eigenvalue weighted by atomic mass is 35.5. The smallest absolute Gasteiger partial charge is 0.221 e. The van der Waals surface area contributed by atoms with Gasteiger partial charge >= 0.3 is 0 Å². The van der Waals surface area contributed by atoms with Gasteiger partial charge in [-0.25, -0.2) is 4.99 Å². The zero-order chi connectivity index (χ0) is 11.3. The van der Waals surface area contributed by atoms with Gasteiger partial charge in [0.1, 0.15) is 5.84 Å². The van der Waals surface area contributed by atoms with Crippen LogP contribution in [0.25, 0.3) is 0 Å².